The number of carbonyl (C=O) groups excluding carboxylic acids is 1. The van der Waals surface area contributed by atoms with Gasteiger partial charge in [-0.2, -0.15) is 0 Å². The number of methoxy groups -OCH3 is 1. The molecule has 0 aliphatic carbocycles. The van der Waals surface area contributed by atoms with Gasteiger partial charge < -0.3 is 15.0 Å². The summed E-state index contributed by atoms with van der Waals surface area (Å²) in [6.07, 6.45) is 3.10. The van der Waals surface area contributed by atoms with E-state index in [2.05, 4.69) is 15.3 Å². The van der Waals surface area contributed by atoms with Crippen molar-refractivity contribution in [3.05, 3.63) is 94.2 Å². The van der Waals surface area contributed by atoms with Gasteiger partial charge in [0.25, 0.3) is 5.91 Å². The first-order valence-corrected chi connectivity index (χ1v) is 7.72. The van der Waals surface area contributed by atoms with Gasteiger partial charge in [-0.1, -0.05) is 24.3 Å². The summed E-state index contributed by atoms with van der Waals surface area (Å²) in [5.74, 6) is 0.275. The van der Waals surface area contributed by atoms with Crippen LogP contribution >= 0.6 is 0 Å². The van der Waals surface area contributed by atoms with Crippen molar-refractivity contribution in [3.8, 4) is 5.75 Å². The molecule has 2 N–H and O–H groups in total. The van der Waals surface area contributed by atoms with Crippen molar-refractivity contribution in [2.24, 2.45) is 0 Å². The number of H-pyrrole nitrogens is 1. The lowest BCUT2D eigenvalue weighted by molar-refractivity contribution is 0.0941. The largest absolute Gasteiger partial charge is 0.496 e. The minimum atomic E-state index is -0.510. The molecule has 1 amide bonds. The second-order valence-electron chi connectivity index (χ2n) is 5.34. The zero-order valence-corrected chi connectivity index (χ0v) is 13.6. The molecule has 3 rings (SSSR count). The van der Waals surface area contributed by atoms with Crippen molar-refractivity contribution < 1.29 is 9.53 Å². The van der Waals surface area contributed by atoms with Gasteiger partial charge in [0.1, 0.15) is 11.8 Å². The second kappa shape index (κ2) is 7.44. The summed E-state index contributed by atoms with van der Waals surface area (Å²) >= 11 is 0. The van der Waals surface area contributed by atoms with Gasteiger partial charge in [0.15, 0.2) is 0 Å². The van der Waals surface area contributed by atoms with Gasteiger partial charge in [-0.15, -0.1) is 0 Å². The fraction of sp³-hybridized carbons (Fsp3) is 0.105. The van der Waals surface area contributed by atoms with Crippen LogP contribution in [0.1, 0.15) is 27.7 Å². The Morgan fingerprint density at radius 2 is 1.96 bits per heavy atom. The highest BCUT2D eigenvalue weighted by Crippen LogP contribution is 2.29. The first-order valence-electron chi connectivity index (χ1n) is 7.72. The Balaban J connectivity index is 2.00. The van der Waals surface area contributed by atoms with Crippen molar-refractivity contribution in [3.63, 3.8) is 0 Å². The van der Waals surface area contributed by atoms with Crippen molar-refractivity contribution >= 4 is 5.91 Å². The highest BCUT2D eigenvalue weighted by atomic mass is 16.5. The molecule has 6 heteroatoms. The Kier molecular flexibility index (Phi) is 4.89. The van der Waals surface area contributed by atoms with Gasteiger partial charge in [-0.25, -0.2) is 0 Å². The van der Waals surface area contributed by atoms with Crippen LogP contribution < -0.4 is 15.6 Å². The SMILES string of the molecule is COc1ccccc1[C@H](NC(=O)c1cc[nH]c(=O)c1)c1ccccn1. The van der Waals surface area contributed by atoms with Crippen LogP contribution in [0.15, 0.2) is 71.8 Å². The van der Waals surface area contributed by atoms with Crippen LogP contribution in [0.5, 0.6) is 5.75 Å². The minimum absolute atomic E-state index is 0.277. The summed E-state index contributed by atoms with van der Waals surface area (Å²) in [4.78, 5) is 30.9. The Morgan fingerprint density at radius 1 is 1.16 bits per heavy atom. The molecular weight excluding hydrogens is 318 g/mol. The van der Waals surface area contributed by atoms with Crippen LogP contribution in [-0.2, 0) is 0 Å². The normalized spacial score (nSPS) is 11.6. The van der Waals surface area contributed by atoms with Gasteiger partial charge in [0.2, 0.25) is 5.56 Å². The molecule has 2 heterocycles. The molecule has 0 aliphatic rings. The summed E-state index contributed by atoms with van der Waals surface area (Å²) < 4.78 is 5.42. The summed E-state index contributed by atoms with van der Waals surface area (Å²) in [6, 6.07) is 15.2. The van der Waals surface area contributed by atoms with E-state index in [-0.39, 0.29) is 17.0 Å². The molecule has 1 atom stereocenters. The van der Waals surface area contributed by atoms with Gasteiger partial charge in [-0.3, -0.25) is 14.6 Å². The molecule has 0 aliphatic heterocycles. The number of hydrogen-bond donors (Lipinski definition) is 2. The van der Waals surface area contributed by atoms with Crippen molar-refractivity contribution in [2.45, 2.75) is 6.04 Å². The number of para-hydroxylation sites is 1. The zero-order chi connectivity index (χ0) is 17.6. The van der Waals surface area contributed by atoms with Crippen LogP contribution in [0.2, 0.25) is 0 Å². The smallest absolute Gasteiger partial charge is 0.252 e. The Hall–Kier alpha value is -3.41. The van der Waals surface area contributed by atoms with Crippen LogP contribution in [0.3, 0.4) is 0 Å². The van der Waals surface area contributed by atoms with E-state index >= 15 is 0 Å². The van der Waals surface area contributed by atoms with Crippen LogP contribution in [0.25, 0.3) is 0 Å². The molecule has 0 saturated heterocycles. The molecule has 1 aromatic carbocycles. The standard InChI is InChI=1S/C19H17N3O3/c1-25-16-8-3-2-6-14(16)18(15-7-4-5-10-20-15)22-19(24)13-9-11-21-17(23)12-13/h2-12,18H,1H3,(H,21,23)(H,22,24)/t18-/m0/s1. The summed E-state index contributed by atoms with van der Waals surface area (Å²) in [7, 11) is 1.58. The molecule has 25 heavy (non-hydrogen) atoms. The monoisotopic (exact) mass is 335 g/mol. The van der Waals surface area contributed by atoms with E-state index in [4.69, 9.17) is 4.74 Å². The minimum Gasteiger partial charge on any atom is -0.496 e. The van der Waals surface area contributed by atoms with E-state index in [0.29, 0.717) is 11.4 Å². The number of rotatable bonds is 5. The van der Waals surface area contributed by atoms with Crippen LogP contribution in [-0.4, -0.2) is 23.0 Å². The molecule has 2 aromatic heterocycles. The van der Waals surface area contributed by atoms with E-state index in [0.717, 1.165) is 5.56 Å². The lowest BCUT2D eigenvalue weighted by Gasteiger charge is -2.21. The molecule has 0 spiro atoms. The predicted molar refractivity (Wildman–Crippen MR) is 93.6 cm³/mol. The number of aromatic nitrogens is 2. The molecular formula is C19H17N3O3. The molecule has 0 bridgehead atoms. The van der Waals surface area contributed by atoms with E-state index in [1.165, 1.54) is 12.3 Å². The molecule has 3 aromatic rings. The number of amides is 1. The van der Waals surface area contributed by atoms with Crippen LogP contribution in [0, 0.1) is 0 Å². The predicted octanol–water partition coefficient (Wildman–Crippen LogP) is 2.30. The lowest BCUT2D eigenvalue weighted by atomic mass is 10.0. The average Bonchev–Trinajstić information content (AvgIpc) is 2.66. The number of pyridine rings is 2. The molecule has 0 saturated carbocycles. The van der Waals surface area contributed by atoms with E-state index in [1.54, 1.807) is 25.4 Å². The van der Waals surface area contributed by atoms with Crippen molar-refractivity contribution in [1.29, 1.82) is 0 Å². The number of carbonyl (C=O) groups is 1. The average molecular weight is 335 g/mol. The maximum Gasteiger partial charge on any atom is 0.252 e. The Labute approximate surface area is 144 Å². The van der Waals surface area contributed by atoms with Gasteiger partial charge in [-0.05, 0) is 24.3 Å². The highest BCUT2D eigenvalue weighted by molar-refractivity contribution is 5.94. The second-order valence-corrected chi connectivity index (χ2v) is 5.34. The number of nitrogens with one attached hydrogen (secondary N) is 2. The number of hydrogen-bond acceptors (Lipinski definition) is 4. The van der Waals surface area contributed by atoms with Gasteiger partial charge >= 0.3 is 0 Å². The molecule has 0 fully saturated rings. The van der Waals surface area contributed by atoms with Gasteiger partial charge in [0.05, 0.1) is 12.8 Å². The highest BCUT2D eigenvalue weighted by Gasteiger charge is 2.22. The first kappa shape index (κ1) is 16.4. The Bertz CT molecular complexity index is 922. The zero-order valence-electron chi connectivity index (χ0n) is 13.6. The summed E-state index contributed by atoms with van der Waals surface area (Å²) in [5.41, 5.74) is 1.39. The number of ether oxygens (including phenoxy) is 1. The third-order valence-corrected chi connectivity index (χ3v) is 3.75. The van der Waals surface area contributed by atoms with Gasteiger partial charge in [0, 0.05) is 29.6 Å². The molecule has 6 nitrogen and oxygen atoms in total. The lowest BCUT2D eigenvalue weighted by Crippen LogP contribution is -2.30. The number of benzene rings is 1. The third kappa shape index (κ3) is 3.74. The molecule has 0 unspecified atom stereocenters. The molecule has 126 valence electrons. The molecule has 0 radical (unpaired) electrons. The maximum absolute atomic E-state index is 12.6. The van der Waals surface area contributed by atoms with Crippen LogP contribution in [0.4, 0.5) is 0 Å². The van der Waals surface area contributed by atoms with Crippen molar-refractivity contribution in [1.82, 2.24) is 15.3 Å². The quantitative estimate of drug-likeness (QED) is 0.749. The number of aromatic amines is 1. The van der Waals surface area contributed by atoms with E-state index < -0.39 is 6.04 Å². The Morgan fingerprint density at radius 3 is 2.68 bits per heavy atom. The summed E-state index contributed by atoms with van der Waals surface area (Å²) in [6.45, 7) is 0. The maximum atomic E-state index is 12.6. The topological polar surface area (TPSA) is 84.1 Å². The third-order valence-electron chi connectivity index (χ3n) is 3.75. The van der Waals surface area contributed by atoms with Crippen molar-refractivity contribution in [2.75, 3.05) is 7.11 Å². The first-order chi connectivity index (χ1) is 12.2. The van der Waals surface area contributed by atoms with E-state index in [9.17, 15) is 9.59 Å². The van der Waals surface area contributed by atoms with E-state index in [1.807, 2.05) is 36.4 Å². The fourth-order valence-corrected chi connectivity index (χ4v) is 2.56. The number of nitrogens with zero attached hydrogens (tertiary/aromatic N) is 1. The summed E-state index contributed by atoms with van der Waals surface area (Å²) in [5, 5.41) is 2.93. The fourth-order valence-electron chi connectivity index (χ4n) is 2.56.